The van der Waals surface area contributed by atoms with E-state index >= 15 is 0 Å². The highest BCUT2D eigenvalue weighted by Crippen LogP contribution is 2.28. The third-order valence-corrected chi connectivity index (χ3v) is 2.80. The van der Waals surface area contributed by atoms with Crippen LogP contribution < -0.4 is 5.32 Å². The summed E-state index contributed by atoms with van der Waals surface area (Å²) in [6, 6.07) is 6.24. The lowest BCUT2D eigenvalue weighted by Gasteiger charge is -2.22. The second-order valence-electron chi connectivity index (χ2n) is 3.73. The van der Waals surface area contributed by atoms with Crippen LogP contribution >= 0.6 is 0 Å². The maximum Gasteiger partial charge on any atom is 0.128 e. The Morgan fingerprint density at radius 1 is 1.40 bits per heavy atom. The van der Waals surface area contributed by atoms with Crippen molar-refractivity contribution in [2.24, 2.45) is 0 Å². The van der Waals surface area contributed by atoms with Crippen LogP contribution in [-0.2, 0) is 6.42 Å². The maximum absolute atomic E-state index is 5.53. The van der Waals surface area contributed by atoms with E-state index in [9.17, 15) is 0 Å². The van der Waals surface area contributed by atoms with Crippen LogP contribution in [0.4, 0.5) is 0 Å². The number of aromatic nitrogens is 1. The predicted octanol–water partition coefficient (Wildman–Crippen LogP) is 1.91. The number of rotatable bonds is 1. The monoisotopic (exact) mass is 200 g/mol. The second-order valence-corrected chi connectivity index (χ2v) is 3.73. The fourth-order valence-electron chi connectivity index (χ4n) is 2.07. The third-order valence-electron chi connectivity index (χ3n) is 2.80. The molecule has 0 amide bonds. The zero-order valence-electron chi connectivity index (χ0n) is 8.31. The van der Waals surface area contributed by atoms with Gasteiger partial charge in [-0.05, 0) is 29.7 Å². The Hall–Kier alpha value is -1.61. The quantitative estimate of drug-likeness (QED) is 0.764. The van der Waals surface area contributed by atoms with Gasteiger partial charge in [0.2, 0.25) is 0 Å². The molecule has 0 saturated carbocycles. The van der Waals surface area contributed by atoms with Gasteiger partial charge in [-0.2, -0.15) is 0 Å². The van der Waals surface area contributed by atoms with E-state index in [4.69, 9.17) is 4.42 Å². The van der Waals surface area contributed by atoms with Crippen molar-refractivity contribution in [3.05, 3.63) is 53.7 Å². The van der Waals surface area contributed by atoms with Crippen molar-refractivity contribution in [1.82, 2.24) is 10.3 Å². The molecule has 1 unspecified atom stereocenters. The number of nitrogens with zero attached hydrogens (tertiary/aromatic N) is 1. The first-order valence-corrected chi connectivity index (χ1v) is 5.15. The Labute approximate surface area is 88.1 Å². The highest BCUT2D eigenvalue weighted by molar-refractivity contribution is 5.31. The van der Waals surface area contributed by atoms with E-state index in [0.717, 1.165) is 24.3 Å². The number of furan rings is 1. The molecule has 3 rings (SSSR count). The Morgan fingerprint density at radius 2 is 2.40 bits per heavy atom. The smallest absolute Gasteiger partial charge is 0.128 e. The molecule has 1 N–H and O–H groups in total. The first-order valence-electron chi connectivity index (χ1n) is 5.15. The van der Waals surface area contributed by atoms with Gasteiger partial charge in [0.1, 0.15) is 5.76 Å². The molecule has 0 saturated heterocycles. The van der Waals surface area contributed by atoms with E-state index in [1.54, 1.807) is 12.5 Å². The summed E-state index contributed by atoms with van der Waals surface area (Å²) in [7, 11) is 0. The van der Waals surface area contributed by atoms with Crippen LogP contribution in [0, 0.1) is 0 Å². The maximum atomic E-state index is 5.53. The molecule has 1 aliphatic rings. The molecular formula is C12H12N2O. The fraction of sp³-hybridized carbons (Fsp3) is 0.250. The Balaban J connectivity index is 2.03. The van der Waals surface area contributed by atoms with Crippen molar-refractivity contribution in [2.75, 3.05) is 6.54 Å². The minimum Gasteiger partial charge on any atom is -0.467 e. The van der Waals surface area contributed by atoms with Crippen molar-refractivity contribution in [1.29, 1.82) is 0 Å². The molecule has 3 nitrogen and oxygen atoms in total. The van der Waals surface area contributed by atoms with E-state index in [0.29, 0.717) is 0 Å². The van der Waals surface area contributed by atoms with Gasteiger partial charge in [0.25, 0.3) is 0 Å². The van der Waals surface area contributed by atoms with E-state index in [1.165, 1.54) is 5.56 Å². The van der Waals surface area contributed by atoms with Crippen molar-refractivity contribution < 1.29 is 4.42 Å². The van der Waals surface area contributed by atoms with Crippen LogP contribution in [0.5, 0.6) is 0 Å². The average Bonchev–Trinajstić information content (AvgIpc) is 2.78. The van der Waals surface area contributed by atoms with E-state index < -0.39 is 0 Å². The summed E-state index contributed by atoms with van der Waals surface area (Å²) >= 11 is 0. The first-order chi connectivity index (χ1) is 7.45. The first kappa shape index (κ1) is 8.68. The number of pyridine rings is 1. The normalized spacial score (nSPS) is 19.9. The lowest BCUT2D eigenvalue weighted by Crippen LogP contribution is -2.29. The summed E-state index contributed by atoms with van der Waals surface area (Å²) in [6.45, 7) is 0.992. The topological polar surface area (TPSA) is 38.1 Å². The molecule has 3 heteroatoms. The summed E-state index contributed by atoms with van der Waals surface area (Å²) in [6.07, 6.45) is 6.48. The van der Waals surface area contributed by atoms with Crippen LogP contribution in [0.25, 0.3) is 0 Å². The molecule has 0 spiro atoms. The zero-order valence-corrected chi connectivity index (χ0v) is 8.31. The van der Waals surface area contributed by atoms with Crippen LogP contribution in [0.3, 0.4) is 0 Å². The molecule has 0 aliphatic carbocycles. The van der Waals surface area contributed by atoms with Crippen molar-refractivity contribution in [3.63, 3.8) is 0 Å². The lowest BCUT2D eigenvalue weighted by molar-refractivity contribution is 0.424. The lowest BCUT2D eigenvalue weighted by atomic mass is 9.98. The Kier molecular flexibility index (Phi) is 2.03. The molecule has 3 heterocycles. The largest absolute Gasteiger partial charge is 0.467 e. The van der Waals surface area contributed by atoms with Crippen molar-refractivity contribution >= 4 is 0 Å². The molecule has 76 valence electrons. The van der Waals surface area contributed by atoms with Gasteiger partial charge in [0, 0.05) is 18.9 Å². The molecule has 0 fully saturated rings. The van der Waals surface area contributed by atoms with Gasteiger partial charge in [0.15, 0.2) is 0 Å². The van der Waals surface area contributed by atoms with Gasteiger partial charge in [-0.3, -0.25) is 4.98 Å². The standard InChI is InChI=1S/C12H12N2O/c1-2-10(8-13-5-1)11-12-9(3-6-14-11)4-7-15-12/h1-2,4-5,7-8,11,14H,3,6H2. The summed E-state index contributed by atoms with van der Waals surface area (Å²) < 4.78 is 5.53. The van der Waals surface area contributed by atoms with Crippen molar-refractivity contribution in [3.8, 4) is 0 Å². The van der Waals surface area contributed by atoms with Gasteiger partial charge >= 0.3 is 0 Å². The van der Waals surface area contributed by atoms with E-state index in [-0.39, 0.29) is 6.04 Å². The minimum absolute atomic E-state index is 0.164. The highest BCUT2D eigenvalue weighted by atomic mass is 16.3. The summed E-state index contributed by atoms with van der Waals surface area (Å²) in [4.78, 5) is 4.14. The van der Waals surface area contributed by atoms with Gasteiger partial charge in [-0.15, -0.1) is 0 Å². The Bertz CT molecular complexity index is 450. The van der Waals surface area contributed by atoms with Crippen molar-refractivity contribution in [2.45, 2.75) is 12.5 Å². The summed E-state index contributed by atoms with van der Waals surface area (Å²) in [5, 5.41) is 3.44. The van der Waals surface area contributed by atoms with Gasteiger partial charge in [0.05, 0.1) is 12.3 Å². The number of fused-ring (bicyclic) bond motifs is 1. The van der Waals surface area contributed by atoms with Crippen LogP contribution in [0.1, 0.15) is 22.9 Å². The molecule has 2 aromatic heterocycles. The third kappa shape index (κ3) is 1.45. The molecule has 1 atom stereocenters. The van der Waals surface area contributed by atoms with Crippen LogP contribution in [0.2, 0.25) is 0 Å². The molecule has 0 radical (unpaired) electrons. The molecular weight excluding hydrogens is 188 g/mol. The van der Waals surface area contributed by atoms with Gasteiger partial charge < -0.3 is 9.73 Å². The number of hydrogen-bond acceptors (Lipinski definition) is 3. The SMILES string of the molecule is c1cncc(C2NCCc3ccoc32)c1. The summed E-state index contributed by atoms with van der Waals surface area (Å²) in [5.74, 6) is 1.04. The average molecular weight is 200 g/mol. The molecule has 2 aromatic rings. The molecule has 1 aliphatic heterocycles. The summed E-state index contributed by atoms with van der Waals surface area (Å²) in [5.41, 5.74) is 2.47. The minimum atomic E-state index is 0.164. The fourth-order valence-corrected chi connectivity index (χ4v) is 2.07. The Morgan fingerprint density at radius 3 is 3.27 bits per heavy atom. The van der Waals surface area contributed by atoms with Crippen LogP contribution in [0.15, 0.2) is 41.3 Å². The zero-order chi connectivity index (χ0) is 10.1. The van der Waals surface area contributed by atoms with Crippen LogP contribution in [-0.4, -0.2) is 11.5 Å². The highest BCUT2D eigenvalue weighted by Gasteiger charge is 2.23. The number of hydrogen-bond donors (Lipinski definition) is 1. The van der Waals surface area contributed by atoms with E-state index in [1.807, 2.05) is 12.3 Å². The van der Waals surface area contributed by atoms with Gasteiger partial charge in [-0.25, -0.2) is 0 Å². The second kappa shape index (κ2) is 3.51. The molecule has 0 bridgehead atoms. The molecule has 0 aromatic carbocycles. The van der Waals surface area contributed by atoms with Gasteiger partial charge in [-0.1, -0.05) is 6.07 Å². The molecule has 15 heavy (non-hydrogen) atoms. The number of nitrogens with one attached hydrogen (secondary N) is 1. The predicted molar refractivity (Wildman–Crippen MR) is 56.5 cm³/mol. The van der Waals surface area contributed by atoms with E-state index in [2.05, 4.69) is 22.4 Å².